The SMILES string of the molecule is Cc1ccc(OC2CN(C(C)(C)C)C2)nn1. The van der Waals surface area contributed by atoms with E-state index in [-0.39, 0.29) is 11.6 Å². The van der Waals surface area contributed by atoms with Crippen LogP contribution in [0.1, 0.15) is 26.5 Å². The summed E-state index contributed by atoms with van der Waals surface area (Å²) in [6.45, 7) is 10.5. The normalized spacial score (nSPS) is 18.2. The molecule has 0 atom stereocenters. The molecule has 1 fully saturated rings. The van der Waals surface area contributed by atoms with Gasteiger partial charge in [0, 0.05) is 24.7 Å². The van der Waals surface area contributed by atoms with E-state index in [1.165, 1.54) is 0 Å². The maximum absolute atomic E-state index is 5.72. The lowest BCUT2D eigenvalue weighted by molar-refractivity contribution is -0.0371. The van der Waals surface area contributed by atoms with Crippen LogP contribution in [0, 0.1) is 6.92 Å². The van der Waals surface area contributed by atoms with Gasteiger partial charge in [0.2, 0.25) is 5.88 Å². The lowest BCUT2D eigenvalue weighted by Crippen LogP contribution is -2.60. The molecule has 1 saturated heterocycles. The molecule has 0 aromatic carbocycles. The van der Waals surface area contributed by atoms with Gasteiger partial charge >= 0.3 is 0 Å². The second-order valence-corrected chi connectivity index (χ2v) is 5.33. The molecular weight excluding hydrogens is 202 g/mol. The highest BCUT2D eigenvalue weighted by atomic mass is 16.5. The molecule has 1 aliphatic rings. The van der Waals surface area contributed by atoms with Gasteiger partial charge in [0.25, 0.3) is 0 Å². The third-order valence-corrected chi connectivity index (χ3v) is 2.86. The number of rotatable bonds is 2. The average Bonchev–Trinajstić information content (AvgIpc) is 2.11. The molecule has 16 heavy (non-hydrogen) atoms. The van der Waals surface area contributed by atoms with E-state index >= 15 is 0 Å². The summed E-state index contributed by atoms with van der Waals surface area (Å²) in [4.78, 5) is 2.39. The lowest BCUT2D eigenvalue weighted by Gasteiger charge is -2.46. The summed E-state index contributed by atoms with van der Waals surface area (Å²) in [5.41, 5.74) is 1.15. The van der Waals surface area contributed by atoms with Crippen LogP contribution in [0.5, 0.6) is 5.88 Å². The Bertz CT molecular complexity index is 350. The number of nitrogens with zero attached hydrogens (tertiary/aromatic N) is 3. The Balaban J connectivity index is 1.84. The van der Waals surface area contributed by atoms with Crippen molar-refractivity contribution in [3.8, 4) is 5.88 Å². The number of aromatic nitrogens is 2. The molecule has 0 unspecified atom stereocenters. The van der Waals surface area contributed by atoms with Crippen LogP contribution in [0.3, 0.4) is 0 Å². The first-order chi connectivity index (χ1) is 7.45. The van der Waals surface area contributed by atoms with Gasteiger partial charge in [0.1, 0.15) is 6.10 Å². The molecule has 0 saturated carbocycles. The zero-order valence-corrected chi connectivity index (χ0v) is 10.4. The molecule has 1 aliphatic heterocycles. The van der Waals surface area contributed by atoms with E-state index in [2.05, 4.69) is 35.9 Å². The van der Waals surface area contributed by atoms with Crippen molar-refractivity contribution in [2.24, 2.45) is 0 Å². The first kappa shape index (κ1) is 11.3. The van der Waals surface area contributed by atoms with Gasteiger partial charge in [-0.05, 0) is 33.8 Å². The molecule has 1 aromatic rings. The van der Waals surface area contributed by atoms with Crippen LogP contribution in [-0.4, -0.2) is 39.8 Å². The second-order valence-electron chi connectivity index (χ2n) is 5.33. The molecule has 2 rings (SSSR count). The Hall–Kier alpha value is -1.16. The van der Waals surface area contributed by atoms with Crippen molar-refractivity contribution >= 4 is 0 Å². The van der Waals surface area contributed by atoms with Gasteiger partial charge in [0.05, 0.1) is 5.69 Å². The Morgan fingerprint density at radius 1 is 1.25 bits per heavy atom. The highest BCUT2D eigenvalue weighted by Crippen LogP contribution is 2.23. The first-order valence-corrected chi connectivity index (χ1v) is 5.67. The first-order valence-electron chi connectivity index (χ1n) is 5.67. The smallest absolute Gasteiger partial charge is 0.233 e. The van der Waals surface area contributed by atoms with E-state index in [9.17, 15) is 0 Å². The van der Waals surface area contributed by atoms with Gasteiger partial charge < -0.3 is 4.74 Å². The number of hydrogen-bond acceptors (Lipinski definition) is 4. The predicted octanol–water partition coefficient (Wildman–Crippen LogP) is 1.65. The van der Waals surface area contributed by atoms with E-state index < -0.39 is 0 Å². The zero-order chi connectivity index (χ0) is 11.8. The van der Waals surface area contributed by atoms with Gasteiger partial charge in [-0.15, -0.1) is 5.10 Å². The van der Waals surface area contributed by atoms with Gasteiger partial charge in [0.15, 0.2) is 0 Å². The molecule has 4 nitrogen and oxygen atoms in total. The molecule has 0 amide bonds. The number of ether oxygens (including phenoxy) is 1. The molecule has 0 radical (unpaired) electrons. The summed E-state index contributed by atoms with van der Waals surface area (Å²) in [6, 6.07) is 3.80. The van der Waals surface area contributed by atoms with Crippen molar-refractivity contribution in [1.82, 2.24) is 15.1 Å². The van der Waals surface area contributed by atoms with Crippen molar-refractivity contribution in [3.05, 3.63) is 17.8 Å². The third kappa shape index (κ3) is 2.50. The molecular formula is C12H19N3O. The Morgan fingerprint density at radius 2 is 1.94 bits per heavy atom. The zero-order valence-electron chi connectivity index (χ0n) is 10.4. The number of hydrogen-bond donors (Lipinski definition) is 0. The minimum Gasteiger partial charge on any atom is -0.471 e. The van der Waals surface area contributed by atoms with Crippen LogP contribution in [0.4, 0.5) is 0 Å². The quantitative estimate of drug-likeness (QED) is 0.761. The van der Waals surface area contributed by atoms with Gasteiger partial charge in [-0.25, -0.2) is 0 Å². The van der Waals surface area contributed by atoms with E-state index in [0.717, 1.165) is 18.8 Å². The lowest BCUT2D eigenvalue weighted by atomic mass is 9.99. The number of aryl methyl sites for hydroxylation is 1. The largest absolute Gasteiger partial charge is 0.471 e. The fourth-order valence-electron chi connectivity index (χ4n) is 1.68. The Morgan fingerprint density at radius 3 is 2.44 bits per heavy atom. The van der Waals surface area contributed by atoms with Gasteiger partial charge in [-0.2, -0.15) is 5.10 Å². The van der Waals surface area contributed by atoms with E-state index in [0.29, 0.717) is 5.88 Å². The maximum atomic E-state index is 5.72. The van der Waals surface area contributed by atoms with Crippen LogP contribution < -0.4 is 4.74 Å². The van der Waals surface area contributed by atoms with Crippen LogP contribution in [-0.2, 0) is 0 Å². The van der Waals surface area contributed by atoms with Crippen LogP contribution in [0.25, 0.3) is 0 Å². The fraction of sp³-hybridized carbons (Fsp3) is 0.667. The fourth-order valence-corrected chi connectivity index (χ4v) is 1.68. The molecule has 0 bridgehead atoms. The molecule has 2 heterocycles. The van der Waals surface area contributed by atoms with Crippen molar-refractivity contribution in [1.29, 1.82) is 0 Å². The predicted molar refractivity (Wildman–Crippen MR) is 62.5 cm³/mol. The summed E-state index contributed by atoms with van der Waals surface area (Å²) in [5.74, 6) is 0.629. The number of likely N-dealkylation sites (tertiary alicyclic amines) is 1. The highest BCUT2D eigenvalue weighted by Gasteiger charge is 2.35. The Labute approximate surface area is 96.6 Å². The van der Waals surface area contributed by atoms with Crippen LogP contribution >= 0.6 is 0 Å². The average molecular weight is 221 g/mol. The second kappa shape index (κ2) is 4.01. The van der Waals surface area contributed by atoms with Crippen LogP contribution in [0.2, 0.25) is 0 Å². The molecule has 1 aromatic heterocycles. The molecule has 0 spiro atoms. The molecule has 4 heteroatoms. The van der Waals surface area contributed by atoms with Gasteiger partial charge in [-0.1, -0.05) is 0 Å². The summed E-state index contributed by atoms with van der Waals surface area (Å²) in [6.07, 6.45) is 0.260. The van der Waals surface area contributed by atoms with E-state index in [1.54, 1.807) is 0 Å². The summed E-state index contributed by atoms with van der Waals surface area (Å²) < 4.78 is 5.72. The van der Waals surface area contributed by atoms with Crippen molar-refractivity contribution in [3.63, 3.8) is 0 Å². The monoisotopic (exact) mass is 221 g/mol. The molecule has 88 valence electrons. The minimum absolute atomic E-state index is 0.235. The van der Waals surface area contributed by atoms with Crippen molar-refractivity contribution < 1.29 is 4.74 Å². The topological polar surface area (TPSA) is 38.2 Å². The standard InChI is InChI=1S/C12H19N3O/c1-9-5-6-11(14-13-9)16-10-7-15(8-10)12(2,3)4/h5-6,10H,7-8H2,1-4H3. The molecule has 0 aliphatic carbocycles. The maximum Gasteiger partial charge on any atom is 0.233 e. The van der Waals surface area contributed by atoms with E-state index in [4.69, 9.17) is 4.74 Å². The highest BCUT2D eigenvalue weighted by molar-refractivity contribution is 5.11. The third-order valence-electron chi connectivity index (χ3n) is 2.86. The summed E-state index contributed by atoms with van der Waals surface area (Å²) >= 11 is 0. The molecule has 0 N–H and O–H groups in total. The summed E-state index contributed by atoms with van der Waals surface area (Å²) in [7, 11) is 0. The van der Waals surface area contributed by atoms with E-state index in [1.807, 2.05) is 19.1 Å². The summed E-state index contributed by atoms with van der Waals surface area (Å²) in [5, 5.41) is 7.97. The van der Waals surface area contributed by atoms with Crippen LogP contribution in [0.15, 0.2) is 12.1 Å². The van der Waals surface area contributed by atoms with Crippen molar-refractivity contribution in [2.45, 2.75) is 39.3 Å². The minimum atomic E-state index is 0.235. The van der Waals surface area contributed by atoms with Gasteiger partial charge in [-0.3, -0.25) is 4.90 Å². The Kier molecular flexibility index (Phi) is 2.84. The van der Waals surface area contributed by atoms with Crippen molar-refractivity contribution in [2.75, 3.05) is 13.1 Å².